The third-order valence-electron chi connectivity index (χ3n) is 2.09. The van der Waals surface area contributed by atoms with Crippen molar-refractivity contribution in [3.8, 4) is 6.07 Å². The average Bonchev–Trinajstić information content (AvgIpc) is 2.39. The third kappa shape index (κ3) is 3.02. The van der Waals surface area contributed by atoms with Gasteiger partial charge in [-0.25, -0.2) is 9.37 Å². The Morgan fingerprint density at radius 2 is 2.24 bits per heavy atom. The molecule has 0 radical (unpaired) electrons. The quantitative estimate of drug-likeness (QED) is 0.780. The second-order valence-electron chi connectivity index (χ2n) is 3.25. The van der Waals surface area contributed by atoms with Gasteiger partial charge < -0.3 is 0 Å². The Morgan fingerprint density at radius 1 is 1.35 bits per heavy atom. The van der Waals surface area contributed by atoms with Crippen LogP contribution in [0.3, 0.4) is 0 Å². The Bertz CT molecular complexity index is 551. The van der Waals surface area contributed by atoms with E-state index in [1.807, 2.05) is 6.07 Å². The molecular formula is C12H8FN3S. The van der Waals surface area contributed by atoms with E-state index in [4.69, 9.17) is 5.26 Å². The Balaban J connectivity index is 2.12. The molecule has 0 atom stereocenters. The van der Waals surface area contributed by atoms with Crippen molar-refractivity contribution in [1.29, 1.82) is 5.26 Å². The predicted molar refractivity (Wildman–Crippen MR) is 62.7 cm³/mol. The minimum Gasteiger partial charge on any atom is -0.260 e. The minimum absolute atomic E-state index is 0.305. The molecule has 84 valence electrons. The lowest BCUT2D eigenvalue weighted by molar-refractivity contribution is 0.617. The molecule has 0 amide bonds. The smallest absolute Gasteiger partial charge is 0.127 e. The summed E-state index contributed by atoms with van der Waals surface area (Å²) in [5, 5.41) is 9.47. The van der Waals surface area contributed by atoms with Crippen LogP contribution in [0.25, 0.3) is 0 Å². The van der Waals surface area contributed by atoms with Gasteiger partial charge in [-0.3, -0.25) is 4.98 Å². The third-order valence-corrected chi connectivity index (χ3v) is 3.05. The molecule has 0 aliphatic rings. The normalized spacial score (nSPS) is 9.88. The fourth-order valence-corrected chi connectivity index (χ4v) is 2.06. The van der Waals surface area contributed by atoms with Crippen LogP contribution in [0, 0.1) is 17.1 Å². The van der Waals surface area contributed by atoms with Crippen LogP contribution in [0.4, 0.5) is 4.39 Å². The molecule has 5 heteroatoms. The molecule has 1 aromatic carbocycles. The SMILES string of the molecule is N#Cc1ccc(F)c(CSc2cnccn2)c1. The van der Waals surface area contributed by atoms with Gasteiger partial charge in [0.05, 0.1) is 17.8 Å². The molecule has 0 unspecified atom stereocenters. The maximum atomic E-state index is 13.4. The first-order valence-electron chi connectivity index (χ1n) is 4.87. The highest BCUT2D eigenvalue weighted by molar-refractivity contribution is 7.98. The maximum absolute atomic E-state index is 13.4. The molecule has 0 aliphatic carbocycles. The first-order chi connectivity index (χ1) is 8.29. The van der Waals surface area contributed by atoms with Gasteiger partial charge in [-0.1, -0.05) is 11.8 Å². The number of aromatic nitrogens is 2. The second kappa shape index (κ2) is 5.41. The molecule has 0 N–H and O–H groups in total. The molecule has 0 saturated heterocycles. The number of thioether (sulfide) groups is 1. The molecule has 0 bridgehead atoms. The van der Waals surface area contributed by atoms with Gasteiger partial charge in [0.25, 0.3) is 0 Å². The minimum atomic E-state index is -0.305. The Kier molecular flexibility index (Phi) is 3.68. The van der Waals surface area contributed by atoms with Crippen LogP contribution in [-0.4, -0.2) is 9.97 Å². The van der Waals surface area contributed by atoms with Crippen LogP contribution >= 0.6 is 11.8 Å². The van der Waals surface area contributed by atoms with Gasteiger partial charge in [0, 0.05) is 18.1 Å². The van der Waals surface area contributed by atoms with Crippen LogP contribution in [0.15, 0.2) is 41.8 Å². The molecule has 17 heavy (non-hydrogen) atoms. The monoisotopic (exact) mass is 245 g/mol. The summed E-state index contributed by atoms with van der Waals surface area (Å²) < 4.78 is 13.4. The molecule has 1 aromatic heterocycles. The van der Waals surface area contributed by atoms with Crippen molar-refractivity contribution in [3.05, 3.63) is 53.7 Å². The summed E-state index contributed by atoms with van der Waals surface area (Å²) >= 11 is 1.38. The van der Waals surface area contributed by atoms with Crippen LogP contribution in [-0.2, 0) is 5.75 Å². The average molecular weight is 245 g/mol. The molecule has 2 rings (SSSR count). The zero-order valence-electron chi connectivity index (χ0n) is 8.80. The van der Waals surface area contributed by atoms with E-state index in [0.29, 0.717) is 16.9 Å². The molecule has 0 fully saturated rings. The van der Waals surface area contributed by atoms with Crippen molar-refractivity contribution in [1.82, 2.24) is 9.97 Å². The fraction of sp³-hybridized carbons (Fsp3) is 0.0833. The largest absolute Gasteiger partial charge is 0.260 e. The van der Waals surface area contributed by atoms with Gasteiger partial charge in [0.15, 0.2) is 0 Å². The number of nitrogens with zero attached hydrogens (tertiary/aromatic N) is 3. The molecule has 0 spiro atoms. The van der Waals surface area contributed by atoms with Crippen molar-refractivity contribution in [2.45, 2.75) is 10.8 Å². The van der Waals surface area contributed by atoms with Gasteiger partial charge in [-0.15, -0.1) is 0 Å². The Morgan fingerprint density at radius 3 is 2.94 bits per heavy atom. The zero-order chi connectivity index (χ0) is 12.1. The van der Waals surface area contributed by atoms with E-state index >= 15 is 0 Å². The Labute approximate surface area is 102 Å². The number of rotatable bonds is 3. The summed E-state index contributed by atoms with van der Waals surface area (Å²) in [5.74, 6) is 0.125. The lowest BCUT2D eigenvalue weighted by atomic mass is 10.1. The molecule has 0 saturated carbocycles. The predicted octanol–water partition coefficient (Wildman–Crippen LogP) is 2.78. The van der Waals surface area contributed by atoms with E-state index in [1.165, 1.54) is 23.9 Å². The highest BCUT2D eigenvalue weighted by Gasteiger charge is 2.05. The van der Waals surface area contributed by atoms with E-state index in [-0.39, 0.29) is 5.82 Å². The van der Waals surface area contributed by atoms with Crippen molar-refractivity contribution in [3.63, 3.8) is 0 Å². The molecular weight excluding hydrogens is 237 g/mol. The van der Waals surface area contributed by atoms with Crippen LogP contribution < -0.4 is 0 Å². The molecule has 1 heterocycles. The number of hydrogen-bond donors (Lipinski definition) is 0. The second-order valence-corrected chi connectivity index (χ2v) is 4.25. The lowest BCUT2D eigenvalue weighted by Gasteiger charge is -2.02. The fourth-order valence-electron chi connectivity index (χ4n) is 1.27. The summed E-state index contributed by atoms with van der Waals surface area (Å²) in [7, 11) is 0. The van der Waals surface area contributed by atoms with Crippen LogP contribution in [0.5, 0.6) is 0 Å². The highest BCUT2D eigenvalue weighted by Crippen LogP contribution is 2.22. The van der Waals surface area contributed by atoms with E-state index in [9.17, 15) is 4.39 Å². The van der Waals surface area contributed by atoms with Gasteiger partial charge in [-0.05, 0) is 23.8 Å². The Hall–Kier alpha value is -1.93. The number of halogens is 1. The van der Waals surface area contributed by atoms with E-state index in [2.05, 4.69) is 9.97 Å². The molecule has 3 nitrogen and oxygen atoms in total. The van der Waals surface area contributed by atoms with Gasteiger partial charge >= 0.3 is 0 Å². The van der Waals surface area contributed by atoms with E-state index in [0.717, 1.165) is 5.03 Å². The maximum Gasteiger partial charge on any atom is 0.127 e. The first-order valence-corrected chi connectivity index (χ1v) is 5.85. The summed E-state index contributed by atoms with van der Waals surface area (Å²) in [6.07, 6.45) is 4.79. The van der Waals surface area contributed by atoms with Crippen molar-refractivity contribution in [2.24, 2.45) is 0 Å². The van der Waals surface area contributed by atoms with Gasteiger partial charge in [0.2, 0.25) is 0 Å². The zero-order valence-corrected chi connectivity index (χ0v) is 9.62. The van der Waals surface area contributed by atoms with E-state index < -0.39 is 0 Å². The topological polar surface area (TPSA) is 49.6 Å². The van der Waals surface area contributed by atoms with Crippen LogP contribution in [0.2, 0.25) is 0 Å². The number of hydrogen-bond acceptors (Lipinski definition) is 4. The van der Waals surface area contributed by atoms with E-state index in [1.54, 1.807) is 24.7 Å². The molecule has 0 aliphatic heterocycles. The summed E-state index contributed by atoms with van der Waals surface area (Å²) in [6.45, 7) is 0. The van der Waals surface area contributed by atoms with Gasteiger partial charge in [0.1, 0.15) is 10.8 Å². The highest BCUT2D eigenvalue weighted by atomic mass is 32.2. The summed E-state index contributed by atoms with van der Waals surface area (Å²) in [5.41, 5.74) is 0.959. The first kappa shape index (κ1) is 11.6. The van der Waals surface area contributed by atoms with Crippen molar-refractivity contribution >= 4 is 11.8 Å². The number of nitriles is 1. The van der Waals surface area contributed by atoms with Crippen LogP contribution in [0.1, 0.15) is 11.1 Å². The van der Waals surface area contributed by atoms with Crippen molar-refractivity contribution in [2.75, 3.05) is 0 Å². The molecule has 2 aromatic rings. The summed E-state index contributed by atoms with van der Waals surface area (Å²) in [6, 6.07) is 6.32. The van der Waals surface area contributed by atoms with Gasteiger partial charge in [-0.2, -0.15) is 5.26 Å². The standard InChI is InChI=1S/C12H8FN3S/c13-11-2-1-9(6-14)5-10(11)8-17-12-7-15-3-4-16-12/h1-5,7H,8H2. The number of benzene rings is 1. The summed E-state index contributed by atoms with van der Waals surface area (Å²) in [4.78, 5) is 8.00. The van der Waals surface area contributed by atoms with Crippen molar-refractivity contribution < 1.29 is 4.39 Å². The lowest BCUT2D eigenvalue weighted by Crippen LogP contribution is -1.90.